The van der Waals surface area contributed by atoms with Crippen LogP contribution in [0.2, 0.25) is 0 Å². The molecule has 2 rings (SSSR count). The quantitative estimate of drug-likeness (QED) is 0.766. The predicted octanol–water partition coefficient (Wildman–Crippen LogP) is 0.869. The third-order valence-corrected chi connectivity index (χ3v) is 5.30. The number of nitrogens with zero attached hydrogens (tertiary/aromatic N) is 3. The van der Waals surface area contributed by atoms with Crippen molar-refractivity contribution in [2.24, 2.45) is 0 Å². The second-order valence-electron chi connectivity index (χ2n) is 4.67. The van der Waals surface area contributed by atoms with Crippen LogP contribution in [0.15, 0.2) is 28.6 Å². The predicted molar refractivity (Wildman–Crippen MR) is 86.0 cm³/mol. The van der Waals surface area contributed by atoms with Crippen molar-refractivity contribution < 1.29 is 17.9 Å². The largest absolute Gasteiger partial charge is 0.465 e. The molecular weight excluding hydrogens is 340 g/mol. The first-order valence-corrected chi connectivity index (χ1v) is 8.86. The maximum Gasteiger partial charge on any atom is 0.349 e. The standard InChI is InChI=1S/C13H16N4O4S2/c1-17(2)13-14-6-4-9(16-13)8-15-23(19,20)10-5-7-22-11(10)12(18)21-3/h4-7,15H,8H2,1-3H3. The average Bonchev–Trinajstić information content (AvgIpc) is 3.03. The molecule has 0 aliphatic heterocycles. The summed E-state index contributed by atoms with van der Waals surface area (Å²) in [5, 5.41) is 1.52. The number of hydrogen-bond acceptors (Lipinski definition) is 8. The molecule has 0 aliphatic carbocycles. The smallest absolute Gasteiger partial charge is 0.349 e. The van der Waals surface area contributed by atoms with E-state index in [9.17, 15) is 13.2 Å². The van der Waals surface area contributed by atoms with Gasteiger partial charge in [-0.05, 0) is 17.5 Å². The van der Waals surface area contributed by atoms with Gasteiger partial charge in [-0.2, -0.15) is 0 Å². The number of hydrogen-bond donors (Lipinski definition) is 1. The van der Waals surface area contributed by atoms with Crippen LogP contribution in [0.4, 0.5) is 5.95 Å². The summed E-state index contributed by atoms with van der Waals surface area (Å²) in [6.45, 7) is -0.0118. The fraction of sp³-hybridized carbons (Fsp3) is 0.308. The Morgan fingerprint density at radius 1 is 1.39 bits per heavy atom. The van der Waals surface area contributed by atoms with E-state index < -0.39 is 16.0 Å². The van der Waals surface area contributed by atoms with Crippen molar-refractivity contribution in [1.29, 1.82) is 0 Å². The Hall–Kier alpha value is -2.04. The summed E-state index contributed by atoms with van der Waals surface area (Å²) in [5.74, 6) is -0.204. The van der Waals surface area contributed by atoms with Crippen molar-refractivity contribution in [2.45, 2.75) is 11.4 Å². The van der Waals surface area contributed by atoms with Crippen LogP contribution in [-0.2, 0) is 21.3 Å². The Kier molecular flexibility index (Phi) is 5.29. The Balaban J connectivity index is 2.18. The molecule has 2 aromatic heterocycles. The lowest BCUT2D eigenvalue weighted by Crippen LogP contribution is -2.25. The summed E-state index contributed by atoms with van der Waals surface area (Å²) in [7, 11) is 0.933. The molecule has 0 saturated carbocycles. The molecule has 0 amide bonds. The van der Waals surface area contributed by atoms with Gasteiger partial charge in [-0.25, -0.2) is 27.9 Å². The monoisotopic (exact) mass is 356 g/mol. The van der Waals surface area contributed by atoms with Gasteiger partial charge in [0.2, 0.25) is 16.0 Å². The van der Waals surface area contributed by atoms with E-state index in [2.05, 4.69) is 19.4 Å². The van der Waals surface area contributed by atoms with Crippen LogP contribution >= 0.6 is 11.3 Å². The van der Waals surface area contributed by atoms with Crippen molar-refractivity contribution in [2.75, 3.05) is 26.1 Å². The maximum absolute atomic E-state index is 12.4. The van der Waals surface area contributed by atoms with Crippen LogP contribution in [-0.4, -0.2) is 45.6 Å². The Labute approximate surface area is 138 Å². The second kappa shape index (κ2) is 7.02. The molecule has 0 bridgehead atoms. The van der Waals surface area contributed by atoms with E-state index in [1.165, 1.54) is 18.6 Å². The summed E-state index contributed by atoms with van der Waals surface area (Å²) in [4.78, 5) is 21.5. The van der Waals surface area contributed by atoms with Crippen molar-refractivity contribution in [3.63, 3.8) is 0 Å². The molecule has 0 unspecified atom stereocenters. The number of methoxy groups -OCH3 is 1. The number of rotatable bonds is 6. The average molecular weight is 356 g/mol. The van der Waals surface area contributed by atoms with Crippen LogP contribution < -0.4 is 9.62 Å². The molecule has 0 radical (unpaired) electrons. The van der Waals surface area contributed by atoms with Gasteiger partial charge < -0.3 is 9.64 Å². The van der Waals surface area contributed by atoms with Crippen LogP contribution in [0.5, 0.6) is 0 Å². The molecule has 0 aliphatic rings. The lowest BCUT2D eigenvalue weighted by molar-refractivity contribution is 0.0602. The van der Waals surface area contributed by atoms with Crippen molar-refractivity contribution in [3.05, 3.63) is 34.3 Å². The molecule has 0 fully saturated rings. The van der Waals surface area contributed by atoms with E-state index >= 15 is 0 Å². The highest BCUT2D eigenvalue weighted by atomic mass is 32.2. The third-order valence-electron chi connectivity index (χ3n) is 2.83. The van der Waals surface area contributed by atoms with Gasteiger partial charge >= 0.3 is 5.97 Å². The number of carbonyl (C=O) groups excluding carboxylic acids is 1. The number of aromatic nitrogens is 2. The van der Waals surface area contributed by atoms with E-state index in [0.29, 0.717) is 11.6 Å². The van der Waals surface area contributed by atoms with Gasteiger partial charge in [0.05, 0.1) is 19.3 Å². The van der Waals surface area contributed by atoms with Gasteiger partial charge in [-0.1, -0.05) is 0 Å². The van der Waals surface area contributed by atoms with Crippen molar-refractivity contribution >= 4 is 33.3 Å². The summed E-state index contributed by atoms with van der Waals surface area (Å²) in [5.41, 5.74) is 0.516. The topological polar surface area (TPSA) is 101 Å². The van der Waals surface area contributed by atoms with Crippen LogP contribution in [0.1, 0.15) is 15.4 Å². The number of nitrogens with one attached hydrogen (secondary N) is 1. The fourth-order valence-corrected chi connectivity index (χ4v) is 4.03. The molecule has 0 spiro atoms. The molecule has 2 aromatic rings. The van der Waals surface area contributed by atoms with Crippen LogP contribution in [0, 0.1) is 0 Å². The van der Waals surface area contributed by atoms with E-state index in [-0.39, 0.29) is 16.3 Å². The molecule has 0 aromatic carbocycles. The fourth-order valence-electron chi connectivity index (χ4n) is 1.70. The zero-order chi connectivity index (χ0) is 17.0. The highest BCUT2D eigenvalue weighted by molar-refractivity contribution is 7.89. The molecular formula is C13H16N4O4S2. The number of sulfonamides is 1. The second-order valence-corrected chi connectivity index (χ2v) is 7.32. The van der Waals surface area contributed by atoms with Crippen molar-refractivity contribution in [1.82, 2.24) is 14.7 Å². The summed E-state index contributed by atoms with van der Waals surface area (Å²) in [6, 6.07) is 2.98. The van der Waals surface area contributed by atoms with Gasteiger partial charge in [0.25, 0.3) is 0 Å². The first-order valence-electron chi connectivity index (χ1n) is 6.50. The number of ether oxygens (including phenoxy) is 1. The highest BCUT2D eigenvalue weighted by Crippen LogP contribution is 2.22. The molecule has 1 N–H and O–H groups in total. The Morgan fingerprint density at radius 3 is 2.78 bits per heavy atom. The van der Waals surface area contributed by atoms with Crippen LogP contribution in [0.25, 0.3) is 0 Å². The van der Waals surface area contributed by atoms with E-state index in [1.54, 1.807) is 31.3 Å². The van der Waals surface area contributed by atoms with E-state index in [4.69, 9.17) is 0 Å². The number of thiophene rings is 1. The summed E-state index contributed by atoms with van der Waals surface area (Å²) >= 11 is 1.01. The molecule has 2 heterocycles. The molecule has 23 heavy (non-hydrogen) atoms. The van der Waals surface area contributed by atoms with Crippen LogP contribution in [0.3, 0.4) is 0 Å². The van der Waals surface area contributed by atoms with Gasteiger partial charge in [-0.15, -0.1) is 11.3 Å². The van der Waals surface area contributed by atoms with Crippen molar-refractivity contribution in [3.8, 4) is 0 Å². The molecule has 10 heteroatoms. The number of carbonyl (C=O) groups is 1. The minimum absolute atomic E-state index is 0.0118. The SMILES string of the molecule is COC(=O)c1sccc1S(=O)(=O)NCc1ccnc(N(C)C)n1. The normalized spacial score (nSPS) is 11.3. The molecule has 0 atom stereocenters. The van der Waals surface area contributed by atoms with Gasteiger partial charge in [0.1, 0.15) is 9.77 Å². The Bertz CT molecular complexity index is 802. The van der Waals surface area contributed by atoms with Gasteiger partial charge in [0, 0.05) is 20.3 Å². The molecule has 0 saturated heterocycles. The Morgan fingerprint density at radius 2 is 2.13 bits per heavy atom. The first kappa shape index (κ1) is 17.3. The third kappa shape index (κ3) is 4.03. The molecule has 124 valence electrons. The van der Waals surface area contributed by atoms with Gasteiger partial charge in [0.15, 0.2) is 0 Å². The maximum atomic E-state index is 12.4. The highest BCUT2D eigenvalue weighted by Gasteiger charge is 2.24. The summed E-state index contributed by atoms with van der Waals surface area (Å²) in [6.07, 6.45) is 1.55. The lowest BCUT2D eigenvalue weighted by atomic mass is 10.4. The summed E-state index contributed by atoms with van der Waals surface area (Å²) < 4.78 is 31.7. The van der Waals surface area contributed by atoms with E-state index in [0.717, 1.165) is 11.3 Å². The number of esters is 1. The molecule has 8 nitrogen and oxygen atoms in total. The first-order chi connectivity index (χ1) is 10.8. The minimum atomic E-state index is -3.85. The zero-order valence-electron chi connectivity index (χ0n) is 12.8. The zero-order valence-corrected chi connectivity index (χ0v) is 14.4. The van der Waals surface area contributed by atoms with Gasteiger partial charge in [-0.3, -0.25) is 0 Å². The number of anilines is 1. The van der Waals surface area contributed by atoms with E-state index in [1.807, 2.05) is 0 Å². The minimum Gasteiger partial charge on any atom is -0.465 e. The lowest BCUT2D eigenvalue weighted by Gasteiger charge is -2.11.